The summed E-state index contributed by atoms with van der Waals surface area (Å²) in [6, 6.07) is 6.68. The lowest BCUT2D eigenvalue weighted by Gasteiger charge is -2.20. The highest BCUT2D eigenvalue weighted by Crippen LogP contribution is 2.05. The van der Waals surface area contributed by atoms with Gasteiger partial charge in [-0.15, -0.1) is 0 Å². The zero-order valence-corrected chi connectivity index (χ0v) is 12.5. The van der Waals surface area contributed by atoms with Gasteiger partial charge in [-0.25, -0.2) is 4.79 Å². The topological polar surface area (TPSA) is 122 Å². The van der Waals surface area contributed by atoms with Gasteiger partial charge in [-0.05, 0) is 5.56 Å². The van der Waals surface area contributed by atoms with Crippen molar-refractivity contribution in [2.24, 2.45) is 0 Å². The first-order valence-electron chi connectivity index (χ1n) is 6.81. The molecule has 0 radical (unpaired) electrons. The number of carbonyl (C=O) groups excluding carboxylic acids is 3. The van der Waals surface area contributed by atoms with Crippen LogP contribution in [0.4, 0.5) is 0 Å². The summed E-state index contributed by atoms with van der Waals surface area (Å²) in [4.78, 5) is 45.1. The van der Waals surface area contributed by atoms with E-state index in [1.807, 2.05) is 6.07 Å². The smallest absolute Gasteiger partial charge is 0.328 e. The fraction of sp³-hybridized carbons (Fsp3) is 0.333. The summed E-state index contributed by atoms with van der Waals surface area (Å²) in [6.07, 6.45) is -0.179. The average molecular weight is 322 g/mol. The molecule has 2 atom stereocenters. The molecule has 0 saturated heterocycles. The normalized spacial score (nSPS) is 12.6. The van der Waals surface area contributed by atoms with Gasteiger partial charge in [0, 0.05) is 6.42 Å². The van der Waals surface area contributed by atoms with Crippen molar-refractivity contribution in [1.29, 1.82) is 0 Å². The Kier molecular flexibility index (Phi) is 7.25. The summed E-state index contributed by atoms with van der Waals surface area (Å²) >= 11 is 0. The Morgan fingerprint density at radius 3 is 2.39 bits per heavy atom. The van der Waals surface area contributed by atoms with E-state index in [9.17, 15) is 19.2 Å². The first kappa shape index (κ1) is 18.1. The molecule has 1 aromatic carbocycles. The molecule has 0 aliphatic heterocycles. The lowest BCUT2D eigenvalue weighted by atomic mass is 10.1. The fourth-order valence-corrected chi connectivity index (χ4v) is 1.94. The number of ether oxygens (including phenoxy) is 1. The van der Waals surface area contributed by atoms with Crippen LogP contribution in [0.5, 0.6) is 0 Å². The maximum absolute atomic E-state index is 12.1. The van der Waals surface area contributed by atoms with Crippen molar-refractivity contribution in [1.82, 2.24) is 10.6 Å². The Labute approximate surface area is 132 Å². The first-order chi connectivity index (χ1) is 11.0. The van der Waals surface area contributed by atoms with Gasteiger partial charge in [0.15, 0.2) is 0 Å². The van der Waals surface area contributed by atoms with Gasteiger partial charge in [0.05, 0.1) is 13.5 Å². The van der Waals surface area contributed by atoms with E-state index in [4.69, 9.17) is 5.11 Å². The molecule has 1 aromatic rings. The third-order valence-corrected chi connectivity index (χ3v) is 3.05. The molecule has 8 heteroatoms. The number of benzene rings is 1. The van der Waals surface area contributed by atoms with Crippen LogP contribution >= 0.6 is 0 Å². The highest BCUT2D eigenvalue weighted by Gasteiger charge is 2.27. The fourth-order valence-electron chi connectivity index (χ4n) is 1.94. The SMILES string of the molecule is COC(=O)[C@@H](Cc1ccccc1)NC(=O)[C@H](CC(=O)O)NC=O. The summed E-state index contributed by atoms with van der Waals surface area (Å²) in [5, 5.41) is 13.3. The summed E-state index contributed by atoms with van der Waals surface area (Å²) < 4.78 is 4.65. The maximum atomic E-state index is 12.1. The molecule has 124 valence electrons. The van der Waals surface area contributed by atoms with Crippen molar-refractivity contribution in [3.8, 4) is 0 Å². The van der Waals surface area contributed by atoms with Gasteiger partial charge in [-0.3, -0.25) is 14.4 Å². The van der Waals surface area contributed by atoms with Crippen molar-refractivity contribution in [2.75, 3.05) is 7.11 Å². The zero-order chi connectivity index (χ0) is 17.2. The van der Waals surface area contributed by atoms with E-state index in [0.717, 1.165) is 5.56 Å². The highest BCUT2D eigenvalue weighted by molar-refractivity contribution is 5.91. The van der Waals surface area contributed by atoms with Crippen LogP contribution in [0.2, 0.25) is 0 Å². The third-order valence-electron chi connectivity index (χ3n) is 3.05. The van der Waals surface area contributed by atoms with E-state index in [-0.39, 0.29) is 12.8 Å². The van der Waals surface area contributed by atoms with Gasteiger partial charge in [-0.2, -0.15) is 0 Å². The molecule has 0 bridgehead atoms. The molecular weight excluding hydrogens is 304 g/mol. The van der Waals surface area contributed by atoms with Crippen LogP contribution in [0.25, 0.3) is 0 Å². The molecule has 0 heterocycles. The number of amides is 2. The maximum Gasteiger partial charge on any atom is 0.328 e. The van der Waals surface area contributed by atoms with Crippen LogP contribution in [-0.2, 0) is 30.3 Å². The van der Waals surface area contributed by atoms with Gasteiger partial charge >= 0.3 is 11.9 Å². The van der Waals surface area contributed by atoms with Gasteiger partial charge in [0.25, 0.3) is 0 Å². The monoisotopic (exact) mass is 322 g/mol. The molecule has 1 rings (SSSR count). The largest absolute Gasteiger partial charge is 0.481 e. The van der Waals surface area contributed by atoms with E-state index in [0.29, 0.717) is 0 Å². The number of hydrogen-bond donors (Lipinski definition) is 3. The second-order valence-corrected chi connectivity index (χ2v) is 4.71. The number of hydrogen-bond acceptors (Lipinski definition) is 5. The quantitative estimate of drug-likeness (QED) is 0.415. The molecule has 0 fully saturated rings. The lowest BCUT2D eigenvalue weighted by molar-refractivity contribution is -0.145. The number of nitrogens with one attached hydrogen (secondary N) is 2. The molecule has 8 nitrogen and oxygen atoms in total. The molecule has 0 spiro atoms. The van der Waals surface area contributed by atoms with Crippen LogP contribution in [0.1, 0.15) is 12.0 Å². The van der Waals surface area contributed by atoms with Crippen LogP contribution in [0.15, 0.2) is 30.3 Å². The minimum atomic E-state index is -1.27. The third kappa shape index (κ3) is 6.16. The lowest BCUT2D eigenvalue weighted by Crippen LogP contribution is -2.51. The van der Waals surface area contributed by atoms with Crippen LogP contribution in [-0.4, -0.2) is 48.6 Å². The molecule has 0 aromatic heterocycles. The molecule has 0 aliphatic rings. The van der Waals surface area contributed by atoms with Gasteiger partial charge < -0.3 is 20.5 Å². The predicted octanol–water partition coefficient (Wildman–Crippen LogP) is -0.524. The van der Waals surface area contributed by atoms with Crippen LogP contribution in [0.3, 0.4) is 0 Å². The van der Waals surface area contributed by atoms with Crippen molar-refractivity contribution >= 4 is 24.3 Å². The molecule has 0 saturated carbocycles. The number of carbonyl (C=O) groups is 4. The number of aliphatic carboxylic acids is 1. The zero-order valence-electron chi connectivity index (χ0n) is 12.5. The molecule has 23 heavy (non-hydrogen) atoms. The summed E-state index contributed by atoms with van der Waals surface area (Å²) in [6.45, 7) is 0. The average Bonchev–Trinajstić information content (AvgIpc) is 2.53. The molecule has 0 unspecified atom stereocenters. The highest BCUT2D eigenvalue weighted by atomic mass is 16.5. The molecule has 2 amide bonds. The number of esters is 1. The van der Waals surface area contributed by atoms with Crippen LogP contribution in [0, 0.1) is 0 Å². The van der Waals surface area contributed by atoms with Crippen molar-refractivity contribution in [3.05, 3.63) is 35.9 Å². The second-order valence-electron chi connectivity index (χ2n) is 4.71. The molecule has 0 aliphatic carbocycles. The van der Waals surface area contributed by atoms with Crippen molar-refractivity contribution < 1.29 is 29.0 Å². The van der Waals surface area contributed by atoms with E-state index >= 15 is 0 Å². The van der Waals surface area contributed by atoms with Gasteiger partial charge in [-0.1, -0.05) is 30.3 Å². The predicted molar refractivity (Wildman–Crippen MR) is 79.3 cm³/mol. The molecular formula is C15H18N2O6. The number of carboxylic acids is 1. The Balaban J connectivity index is 2.82. The minimum Gasteiger partial charge on any atom is -0.481 e. The van der Waals surface area contributed by atoms with E-state index in [1.54, 1.807) is 24.3 Å². The van der Waals surface area contributed by atoms with Gasteiger partial charge in [0.1, 0.15) is 12.1 Å². The van der Waals surface area contributed by atoms with E-state index < -0.39 is 36.4 Å². The molecule has 3 N–H and O–H groups in total. The summed E-state index contributed by atoms with van der Waals surface area (Å²) in [5.74, 6) is -2.69. The first-order valence-corrected chi connectivity index (χ1v) is 6.81. The number of carboxylic acid groups (broad SMARTS) is 1. The number of rotatable bonds is 9. The van der Waals surface area contributed by atoms with Crippen LogP contribution < -0.4 is 10.6 Å². The Hall–Kier alpha value is -2.90. The Morgan fingerprint density at radius 1 is 1.22 bits per heavy atom. The number of methoxy groups -OCH3 is 1. The minimum absolute atomic E-state index is 0.181. The van der Waals surface area contributed by atoms with Crippen molar-refractivity contribution in [2.45, 2.75) is 24.9 Å². The van der Waals surface area contributed by atoms with E-state index in [2.05, 4.69) is 15.4 Å². The standard InChI is InChI=1S/C15H18N2O6/c1-23-15(22)12(7-10-5-3-2-4-6-10)17-14(21)11(16-9-18)8-13(19)20/h2-6,9,11-12H,7-8H2,1H3,(H,16,18)(H,17,21)(H,19,20)/t11-,12+/m0/s1. The Bertz CT molecular complexity index is 560. The summed E-state index contributed by atoms with van der Waals surface area (Å²) in [7, 11) is 1.19. The summed E-state index contributed by atoms with van der Waals surface area (Å²) in [5.41, 5.74) is 0.793. The van der Waals surface area contributed by atoms with Crippen molar-refractivity contribution in [3.63, 3.8) is 0 Å². The van der Waals surface area contributed by atoms with E-state index in [1.165, 1.54) is 7.11 Å². The Morgan fingerprint density at radius 2 is 1.87 bits per heavy atom. The van der Waals surface area contributed by atoms with Gasteiger partial charge in [0.2, 0.25) is 12.3 Å². The second kappa shape index (κ2) is 9.19.